The molecule has 0 radical (unpaired) electrons. The van der Waals surface area contributed by atoms with Gasteiger partial charge in [0.25, 0.3) is 0 Å². The van der Waals surface area contributed by atoms with Gasteiger partial charge in [-0.2, -0.15) is 4.51 Å². The van der Waals surface area contributed by atoms with E-state index in [1.54, 1.807) is 20.8 Å². The second-order valence-corrected chi connectivity index (χ2v) is 3.14. The molecular weight excluding hydrogens is 168 g/mol. The highest BCUT2D eigenvalue weighted by Crippen LogP contribution is 2.06. The van der Waals surface area contributed by atoms with E-state index in [0.29, 0.717) is 0 Å². The SMILES string of the molecule is CC(C)(C)OC(=O)/C(N)=N\Cl. The predicted octanol–water partition coefficient (Wildman–Crippen LogP) is 0.839. The van der Waals surface area contributed by atoms with Crippen molar-refractivity contribution in [1.82, 2.24) is 0 Å². The van der Waals surface area contributed by atoms with Crippen molar-refractivity contribution in [3.05, 3.63) is 0 Å². The number of amidine groups is 1. The average molecular weight is 179 g/mol. The lowest BCUT2D eigenvalue weighted by molar-refractivity contribution is -0.146. The van der Waals surface area contributed by atoms with Crippen LogP contribution in [0.1, 0.15) is 20.8 Å². The summed E-state index contributed by atoms with van der Waals surface area (Å²) in [5.41, 5.74) is 4.50. The van der Waals surface area contributed by atoms with E-state index in [1.807, 2.05) is 0 Å². The number of ether oxygens (including phenoxy) is 1. The summed E-state index contributed by atoms with van der Waals surface area (Å²) in [7, 11) is 0. The Balaban J connectivity index is 4.10. The Morgan fingerprint density at radius 3 is 2.27 bits per heavy atom. The Kier molecular flexibility index (Phi) is 3.32. The lowest BCUT2D eigenvalue weighted by Crippen LogP contribution is -2.32. The van der Waals surface area contributed by atoms with E-state index in [0.717, 1.165) is 0 Å². The molecule has 0 aromatic carbocycles. The summed E-state index contributed by atoms with van der Waals surface area (Å²) in [6.07, 6.45) is 0. The van der Waals surface area contributed by atoms with Crippen LogP contribution < -0.4 is 5.73 Å². The average Bonchev–Trinajstić information content (AvgIpc) is 1.82. The summed E-state index contributed by atoms with van der Waals surface area (Å²) in [6, 6.07) is 0. The van der Waals surface area contributed by atoms with E-state index < -0.39 is 11.6 Å². The van der Waals surface area contributed by atoms with Crippen LogP contribution in [0.4, 0.5) is 0 Å². The van der Waals surface area contributed by atoms with E-state index >= 15 is 0 Å². The molecule has 0 saturated heterocycles. The lowest BCUT2D eigenvalue weighted by atomic mass is 10.2. The molecule has 0 spiro atoms. The van der Waals surface area contributed by atoms with Crippen LogP contribution >= 0.6 is 11.8 Å². The second-order valence-electron chi connectivity index (χ2n) is 2.97. The van der Waals surface area contributed by atoms with E-state index in [-0.39, 0.29) is 5.84 Å². The van der Waals surface area contributed by atoms with Gasteiger partial charge in [-0.1, -0.05) is 0 Å². The van der Waals surface area contributed by atoms with Crippen LogP contribution in [-0.4, -0.2) is 17.4 Å². The van der Waals surface area contributed by atoms with Crippen molar-refractivity contribution >= 4 is 23.6 Å². The molecule has 0 saturated carbocycles. The number of halogens is 1. The zero-order chi connectivity index (χ0) is 9.07. The number of hydrogen-bond acceptors (Lipinski definition) is 3. The highest BCUT2D eigenvalue weighted by molar-refractivity contribution is 6.39. The quantitative estimate of drug-likeness (QED) is 0.340. The molecule has 0 aromatic rings. The summed E-state index contributed by atoms with van der Waals surface area (Å²) < 4.78 is 7.78. The zero-order valence-corrected chi connectivity index (χ0v) is 7.47. The van der Waals surface area contributed by atoms with Gasteiger partial charge in [-0.15, -0.1) is 0 Å². The molecule has 0 aliphatic rings. The Labute approximate surface area is 70.5 Å². The number of hydrogen-bond donors (Lipinski definition) is 1. The van der Waals surface area contributed by atoms with Gasteiger partial charge in [-0.25, -0.2) is 4.79 Å². The molecule has 4 nitrogen and oxygen atoms in total. The molecule has 0 heterocycles. The van der Waals surface area contributed by atoms with Gasteiger partial charge >= 0.3 is 5.97 Å². The molecule has 0 fully saturated rings. The van der Waals surface area contributed by atoms with Gasteiger partial charge in [-0.3, -0.25) is 0 Å². The van der Waals surface area contributed by atoms with E-state index in [1.165, 1.54) is 0 Å². The fraction of sp³-hybridized carbons (Fsp3) is 0.667. The molecular formula is C6H11ClN2O2. The van der Waals surface area contributed by atoms with Crippen molar-refractivity contribution in [3.8, 4) is 0 Å². The van der Waals surface area contributed by atoms with Crippen molar-refractivity contribution in [2.75, 3.05) is 0 Å². The van der Waals surface area contributed by atoms with Crippen LogP contribution in [0.5, 0.6) is 0 Å². The molecule has 0 amide bonds. The topological polar surface area (TPSA) is 64.7 Å². The van der Waals surface area contributed by atoms with Crippen LogP contribution in [0.3, 0.4) is 0 Å². The Morgan fingerprint density at radius 2 is 2.00 bits per heavy atom. The van der Waals surface area contributed by atoms with Crippen LogP contribution in [0.25, 0.3) is 0 Å². The van der Waals surface area contributed by atoms with Gasteiger partial charge in [0.05, 0.1) is 0 Å². The van der Waals surface area contributed by atoms with Gasteiger partial charge in [0.1, 0.15) is 5.60 Å². The third-order valence-corrected chi connectivity index (χ3v) is 0.881. The lowest BCUT2D eigenvalue weighted by Gasteiger charge is -2.18. The van der Waals surface area contributed by atoms with Gasteiger partial charge in [0.15, 0.2) is 0 Å². The maximum absolute atomic E-state index is 10.8. The summed E-state index contributed by atoms with van der Waals surface area (Å²) in [6.45, 7) is 5.19. The predicted molar refractivity (Wildman–Crippen MR) is 43.3 cm³/mol. The molecule has 5 heteroatoms. The molecule has 2 N–H and O–H groups in total. The number of nitrogens with two attached hydrogens (primary N) is 1. The molecule has 0 unspecified atom stereocenters. The van der Waals surface area contributed by atoms with Crippen molar-refractivity contribution in [3.63, 3.8) is 0 Å². The molecule has 0 bridgehead atoms. The fourth-order valence-electron chi connectivity index (χ4n) is 0.365. The first-order valence-electron chi connectivity index (χ1n) is 3.04. The largest absolute Gasteiger partial charge is 0.454 e. The van der Waals surface area contributed by atoms with Crippen LogP contribution in [0.15, 0.2) is 4.51 Å². The molecule has 0 aliphatic carbocycles. The summed E-state index contributed by atoms with van der Waals surface area (Å²) in [5, 5.41) is 0. The summed E-state index contributed by atoms with van der Waals surface area (Å²) in [4.78, 5) is 10.8. The highest BCUT2D eigenvalue weighted by Gasteiger charge is 2.18. The highest BCUT2D eigenvalue weighted by atomic mass is 35.5. The van der Waals surface area contributed by atoms with Crippen LogP contribution in [0, 0.1) is 0 Å². The third-order valence-electron chi connectivity index (χ3n) is 0.699. The van der Waals surface area contributed by atoms with Crippen molar-refractivity contribution in [2.24, 2.45) is 10.2 Å². The Bertz CT molecular complexity index is 184. The Hall–Kier alpha value is -0.770. The molecule has 0 aliphatic heterocycles. The van der Waals surface area contributed by atoms with Gasteiger partial charge in [-0.05, 0) is 20.8 Å². The Morgan fingerprint density at radius 1 is 1.55 bits per heavy atom. The fourth-order valence-corrected chi connectivity index (χ4v) is 0.434. The van der Waals surface area contributed by atoms with Crippen LogP contribution in [0.2, 0.25) is 0 Å². The van der Waals surface area contributed by atoms with Crippen molar-refractivity contribution in [1.29, 1.82) is 0 Å². The first kappa shape index (κ1) is 10.2. The normalized spacial score (nSPS) is 12.9. The number of esters is 1. The molecule has 0 aromatic heterocycles. The number of carbonyl (C=O) groups is 1. The smallest absolute Gasteiger partial charge is 0.375 e. The minimum Gasteiger partial charge on any atom is -0.454 e. The van der Waals surface area contributed by atoms with Gasteiger partial charge in [0.2, 0.25) is 5.84 Å². The minimum atomic E-state index is -0.701. The first-order chi connectivity index (χ1) is 4.87. The van der Waals surface area contributed by atoms with E-state index in [4.69, 9.17) is 22.2 Å². The van der Waals surface area contributed by atoms with Crippen LogP contribution in [-0.2, 0) is 9.53 Å². The summed E-state index contributed by atoms with van der Waals surface area (Å²) >= 11 is 4.94. The molecule has 11 heavy (non-hydrogen) atoms. The zero-order valence-electron chi connectivity index (χ0n) is 6.72. The van der Waals surface area contributed by atoms with E-state index in [2.05, 4.69) is 4.51 Å². The van der Waals surface area contributed by atoms with Crippen molar-refractivity contribution in [2.45, 2.75) is 26.4 Å². The maximum atomic E-state index is 10.8. The minimum absolute atomic E-state index is 0.332. The third kappa shape index (κ3) is 4.61. The van der Waals surface area contributed by atoms with Crippen molar-refractivity contribution < 1.29 is 9.53 Å². The number of nitrogens with zero attached hydrogens (tertiary/aromatic N) is 1. The van der Waals surface area contributed by atoms with Gasteiger partial charge in [0, 0.05) is 11.8 Å². The van der Waals surface area contributed by atoms with Gasteiger partial charge < -0.3 is 10.5 Å². The second kappa shape index (κ2) is 3.57. The molecule has 0 atom stereocenters. The number of rotatable bonds is 0. The number of carbonyl (C=O) groups excluding carboxylic acids is 1. The molecule has 0 rings (SSSR count). The molecule has 64 valence electrons. The summed E-state index contributed by atoms with van der Waals surface area (Å²) in [5.74, 6) is -1.03. The van der Waals surface area contributed by atoms with E-state index in [9.17, 15) is 4.79 Å². The first-order valence-corrected chi connectivity index (χ1v) is 3.38. The maximum Gasteiger partial charge on any atom is 0.375 e. The standard InChI is InChI=1S/C6H11ClN2O2/c1-6(2,3)11-5(10)4(8)9-7/h1-3H3,(H2,8,9). The monoisotopic (exact) mass is 178 g/mol.